The van der Waals surface area contributed by atoms with E-state index in [0.717, 1.165) is 29.9 Å². The molecule has 1 fully saturated rings. The fraction of sp³-hybridized carbons (Fsp3) is 0.625. The number of benzene rings is 1. The van der Waals surface area contributed by atoms with E-state index in [0.29, 0.717) is 11.0 Å². The molecular weight excluding hydrogens is 286 g/mol. The summed E-state index contributed by atoms with van der Waals surface area (Å²) in [6.07, 6.45) is 5.77. The van der Waals surface area contributed by atoms with Crippen molar-refractivity contribution in [3.63, 3.8) is 0 Å². The van der Waals surface area contributed by atoms with E-state index in [9.17, 15) is 4.21 Å². The maximum absolute atomic E-state index is 12.5. The van der Waals surface area contributed by atoms with Crippen molar-refractivity contribution in [3.05, 3.63) is 23.8 Å². The van der Waals surface area contributed by atoms with Crippen LogP contribution in [0.3, 0.4) is 0 Å². The molecule has 1 aliphatic rings. The smallest absolute Gasteiger partial charge is 0.123 e. The first-order valence-electron chi connectivity index (χ1n) is 7.50. The number of methoxy groups -OCH3 is 2. The predicted octanol–water partition coefficient (Wildman–Crippen LogP) is 2.79. The Morgan fingerprint density at radius 1 is 1.24 bits per heavy atom. The van der Waals surface area contributed by atoms with Crippen LogP contribution < -0.4 is 15.2 Å². The van der Waals surface area contributed by atoms with Gasteiger partial charge < -0.3 is 15.2 Å². The van der Waals surface area contributed by atoms with Crippen LogP contribution >= 0.6 is 0 Å². The van der Waals surface area contributed by atoms with Crippen LogP contribution in [0.4, 0.5) is 0 Å². The summed E-state index contributed by atoms with van der Waals surface area (Å²) in [7, 11) is 2.37. The highest BCUT2D eigenvalue weighted by Gasteiger charge is 2.23. The van der Waals surface area contributed by atoms with E-state index in [1.807, 2.05) is 18.2 Å². The van der Waals surface area contributed by atoms with Crippen molar-refractivity contribution in [3.8, 4) is 11.5 Å². The lowest BCUT2D eigenvalue weighted by Crippen LogP contribution is -2.27. The van der Waals surface area contributed by atoms with E-state index < -0.39 is 10.8 Å². The van der Waals surface area contributed by atoms with Gasteiger partial charge >= 0.3 is 0 Å². The maximum atomic E-state index is 12.5. The summed E-state index contributed by atoms with van der Waals surface area (Å²) < 4.78 is 23.1. The number of hydrogen-bond donors (Lipinski definition) is 1. The first-order valence-corrected chi connectivity index (χ1v) is 8.88. The second-order valence-electron chi connectivity index (χ2n) is 5.52. The molecule has 21 heavy (non-hydrogen) atoms. The average Bonchev–Trinajstić information content (AvgIpc) is 2.54. The maximum Gasteiger partial charge on any atom is 0.123 e. The summed E-state index contributed by atoms with van der Waals surface area (Å²) in [4.78, 5) is 0. The summed E-state index contributed by atoms with van der Waals surface area (Å²) in [5.41, 5.74) is 7.14. The van der Waals surface area contributed by atoms with Crippen LogP contribution in [-0.4, -0.2) is 29.4 Å². The van der Waals surface area contributed by atoms with Crippen LogP contribution in [0.5, 0.6) is 11.5 Å². The number of hydrogen-bond acceptors (Lipinski definition) is 4. The van der Waals surface area contributed by atoms with Crippen LogP contribution in [-0.2, 0) is 10.8 Å². The zero-order valence-corrected chi connectivity index (χ0v) is 13.7. The average molecular weight is 311 g/mol. The molecule has 2 rings (SSSR count). The van der Waals surface area contributed by atoms with Gasteiger partial charge in [-0.05, 0) is 31.0 Å². The minimum absolute atomic E-state index is 0.294. The van der Waals surface area contributed by atoms with Crippen molar-refractivity contribution >= 4 is 10.8 Å². The van der Waals surface area contributed by atoms with Crippen molar-refractivity contribution in [2.24, 2.45) is 5.73 Å². The van der Waals surface area contributed by atoms with Crippen molar-refractivity contribution in [1.82, 2.24) is 0 Å². The van der Waals surface area contributed by atoms with Crippen LogP contribution in [0.25, 0.3) is 0 Å². The van der Waals surface area contributed by atoms with Gasteiger partial charge in [0.25, 0.3) is 0 Å². The van der Waals surface area contributed by atoms with Crippen LogP contribution in [0.2, 0.25) is 0 Å². The molecule has 2 unspecified atom stereocenters. The molecule has 0 spiro atoms. The minimum atomic E-state index is -0.877. The zero-order valence-electron chi connectivity index (χ0n) is 12.8. The van der Waals surface area contributed by atoms with E-state index in [1.54, 1.807) is 14.2 Å². The van der Waals surface area contributed by atoms with Crippen molar-refractivity contribution in [1.29, 1.82) is 0 Å². The Morgan fingerprint density at radius 3 is 2.57 bits per heavy atom. The van der Waals surface area contributed by atoms with Gasteiger partial charge in [0.05, 0.1) is 14.2 Å². The zero-order chi connectivity index (χ0) is 15.2. The molecule has 5 heteroatoms. The summed E-state index contributed by atoms with van der Waals surface area (Å²) >= 11 is 0. The lowest BCUT2D eigenvalue weighted by atomic mass is 10.0. The van der Waals surface area contributed by atoms with Gasteiger partial charge in [-0.3, -0.25) is 4.21 Å². The van der Waals surface area contributed by atoms with E-state index in [-0.39, 0.29) is 6.04 Å². The summed E-state index contributed by atoms with van der Waals surface area (Å²) in [6, 6.07) is 5.27. The Bertz CT molecular complexity index is 486. The van der Waals surface area contributed by atoms with Crippen LogP contribution in [0.1, 0.15) is 43.7 Å². The van der Waals surface area contributed by atoms with E-state index in [1.165, 1.54) is 19.3 Å². The van der Waals surface area contributed by atoms with Gasteiger partial charge in [0, 0.05) is 33.4 Å². The Labute approximate surface area is 129 Å². The third-order valence-corrected chi connectivity index (χ3v) is 6.01. The highest BCUT2D eigenvalue weighted by atomic mass is 32.2. The van der Waals surface area contributed by atoms with Crippen LogP contribution in [0.15, 0.2) is 18.2 Å². The molecule has 118 valence electrons. The third kappa shape index (κ3) is 4.20. The Kier molecular flexibility index (Phi) is 6.06. The topological polar surface area (TPSA) is 61.6 Å². The summed E-state index contributed by atoms with van der Waals surface area (Å²) in [5.74, 6) is 1.95. The molecule has 0 aliphatic heterocycles. The Balaban J connectivity index is 2.08. The van der Waals surface area contributed by atoms with E-state index in [4.69, 9.17) is 15.2 Å². The van der Waals surface area contributed by atoms with Gasteiger partial charge in [-0.15, -0.1) is 0 Å². The first kappa shape index (κ1) is 16.3. The van der Waals surface area contributed by atoms with E-state index >= 15 is 0 Å². The molecule has 1 aromatic carbocycles. The first-order chi connectivity index (χ1) is 10.2. The van der Waals surface area contributed by atoms with Gasteiger partial charge in [-0.25, -0.2) is 0 Å². The minimum Gasteiger partial charge on any atom is -0.497 e. The van der Waals surface area contributed by atoms with Crippen LogP contribution in [0, 0.1) is 0 Å². The monoisotopic (exact) mass is 311 g/mol. The molecule has 2 atom stereocenters. The number of ether oxygens (including phenoxy) is 2. The quantitative estimate of drug-likeness (QED) is 0.877. The van der Waals surface area contributed by atoms with Gasteiger partial charge in [0.15, 0.2) is 0 Å². The molecular formula is C16H25NO3S. The van der Waals surface area contributed by atoms with Gasteiger partial charge in [0.2, 0.25) is 0 Å². The standard InChI is InChI=1S/C16H25NO3S/c1-19-12-8-9-16(20-2)14(10-12)15(17)11-21(18)13-6-4-3-5-7-13/h8-10,13,15H,3-7,11,17H2,1-2H3. The Hall–Kier alpha value is -1.07. The second-order valence-corrected chi connectivity index (χ2v) is 7.28. The number of nitrogens with two attached hydrogens (primary N) is 1. The largest absolute Gasteiger partial charge is 0.497 e. The Morgan fingerprint density at radius 2 is 1.95 bits per heavy atom. The summed E-state index contributed by atoms with van der Waals surface area (Å²) in [6.45, 7) is 0. The molecule has 0 amide bonds. The molecule has 0 radical (unpaired) electrons. The second kappa shape index (κ2) is 7.80. The lowest BCUT2D eigenvalue weighted by molar-refractivity contribution is 0.396. The molecule has 0 saturated heterocycles. The fourth-order valence-electron chi connectivity index (χ4n) is 2.86. The molecule has 0 aromatic heterocycles. The van der Waals surface area contributed by atoms with Crippen molar-refractivity contribution in [2.45, 2.75) is 43.4 Å². The predicted molar refractivity (Wildman–Crippen MR) is 86.4 cm³/mol. The third-order valence-electron chi connectivity index (χ3n) is 4.10. The lowest BCUT2D eigenvalue weighted by Gasteiger charge is -2.23. The van der Waals surface area contributed by atoms with Crippen molar-refractivity contribution < 1.29 is 13.7 Å². The molecule has 2 N–H and O–H groups in total. The number of rotatable bonds is 6. The molecule has 0 bridgehead atoms. The van der Waals surface area contributed by atoms with Crippen molar-refractivity contribution in [2.75, 3.05) is 20.0 Å². The molecule has 4 nitrogen and oxygen atoms in total. The molecule has 1 aliphatic carbocycles. The SMILES string of the molecule is COc1ccc(OC)c(C(N)CS(=O)C2CCCCC2)c1. The highest BCUT2D eigenvalue weighted by molar-refractivity contribution is 7.85. The summed E-state index contributed by atoms with van der Waals surface area (Å²) in [5, 5.41) is 0.307. The molecule has 1 saturated carbocycles. The van der Waals surface area contributed by atoms with E-state index in [2.05, 4.69) is 0 Å². The highest BCUT2D eigenvalue weighted by Crippen LogP contribution is 2.30. The fourth-order valence-corrected chi connectivity index (χ4v) is 4.52. The molecule has 1 aromatic rings. The van der Waals surface area contributed by atoms with Gasteiger partial charge in [-0.1, -0.05) is 19.3 Å². The normalized spacial score (nSPS) is 19.0. The molecule has 0 heterocycles. The van der Waals surface area contributed by atoms with Gasteiger partial charge in [0.1, 0.15) is 11.5 Å². The van der Waals surface area contributed by atoms with Gasteiger partial charge in [-0.2, -0.15) is 0 Å².